The van der Waals surface area contributed by atoms with Gasteiger partial charge in [0.1, 0.15) is 0 Å². The third kappa shape index (κ3) is 26.7. The first-order valence-corrected chi connectivity index (χ1v) is 19.3. The number of hydrogen-bond acceptors (Lipinski definition) is 6. The van der Waals surface area contributed by atoms with Crippen molar-refractivity contribution in [2.45, 2.75) is 157 Å². The number of carbonyl (C=O) groups excluding carboxylic acids is 3. The maximum absolute atomic E-state index is 12.4. The van der Waals surface area contributed by atoms with Gasteiger partial charge in [0.25, 0.3) is 0 Å². The normalized spacial score (nSPS) is 11.5. The SMILES string of the molecule is CC(C)CCCCCCC(=O)[O][Bi]([O]C(=O)CCCCCCC(C)C)[O]C(=O)CCCCCCC(C)C. The molecule has 0 saturated carbocycles. The molecule has 218 valence electrons. The molecule has 0 atom stereocenters. The van der Waals surface area contributed by atoms with Crippen LogP contribution in [0.15, 0.2) is 0 Å². The minimum absolute atomic E-state index is 0.272. The molecule has 37 heavy (non-hydrogen) atoms. The van der Waals surface area contributed by atoms with Crippen LogP contribution in [0.3, 0.4) is 0 Å². The van der Waals surface area contributed by atoms with E-state index in [-0.39, 0.29) is 19.3 Å². The molecule has 0 unspecified atom stereocenters. The van der Waals surface area contributed by atoms with Crippen LogP contribution < -0.4 is 0 Å². The molecule has 6 nitrogen and oxygen atoms in total. The first-order chi connectivity index (χ1) is 17.6. The fourth-order valence-corrected chi connectivity index (χ4v) is 7.41. The van der Waals surface area contributed by atoms with Gasteiger partial charge in [-0.15, -0.1) is 0 Å². The molecule has 0 aromatic rings. The monoisotopic (exact) mass is 722 g/mol. The Labute approximate surface area is 237 Å². The standard InChI is InChI=1S/3C10H20O2.Bi/c3*1-9(2)7-5-3-4-6-8-10(11)12;/h3*9H,3-8H2,1-2H3,(H,11,12);/q;;;+3/p-3. The second-order valence-electron chi connectivity index (χ2n) is 11.7. The second kappa shape index (κ2) is 24.3. The first kappa shape index (κ1) is 36.3. The summed E-state index contributed by atoms with van der Waals surface area (Å²) in [6, 6.07) is 0. The van der Waals surface area contributed by atoms with Gasteiger partial charge in [0, 0.05) is 0 Å². The summed E-state index contributed by atoms with van der Waals surface area (Å²) in [5.41, 5.74) is 0. The summed E-state index contributed by atoms with van der Waals surface area (Å²) in [6.45, 7) is 13.3. The van der Waals surface area contributed by atoms with Gasteiger partial charge in [-0.1, -0.05) is 0 Å². The molecule has 0 aliphatic carbocycles. The van der Waals surface area contributed by atoms with Crippen LogP contribution in [-0.2, 0) is 22.8 Å². The van der Waals surface area contributed by atoms with Crippen molar-refractivity contribution in [3.8, 4) is 0 Å². The second-order valence-corrected chi connectivity index (χ2v) is 15.5. The zero-order valence-electron chi connectivity index (χ0n) is 24.9. The zero-order valence-corrected chi connectivity index (χ0v) is 28.3. The Balaban J connectivity index is 4.47. The number of carbonyl (C=O) groups is 3. The van der Waals surface area contributed by atoms with E-state index in [2.05, 4.69) is 41.5 Å². The molecule has 0 saturated heterocycles. The summed E-state index contributed by atoms with van der Waals surface area (Å²) in [5.74, 6) is 0.857. The molecule has 0 heterocycles. The van der Waals surface area contributed by atoms with E-state index in [1.54, 1.807) is 0 Å². The number of unbranched alkanes of at least 4 members (excludes halogenated alkanes) is 9. The topological polar surface area (TPSA) is 78.9 Å². The predicted molar refractivity (Wildman–Crippen MR) is 152 cm³/mol. The molecule has 0 aromatic carbocycles. The Morgan fingerprint density at radius 2 is 0.676 bits per heavy atom. The van der Waals surface area contributed by atoms with Crippen LogP contribution in [0.5, 0.6) is 0 Å². The fraction of sp³-hybridized carbons (Fsp3) is 0.900. The van der Waals surface area contributed by atoms with E-state index in [9.17, 15) is 14.4 Å². The van der Waals surface area contributed by atoms with Crippen LogP contribution in [0, 0.1) is 17.8 Å². The van der Waals surface area contributed by atoms with Gasteiger partial charge in [-0.05, 0) is 0 Å². The van der Waals surface area contributed by atoms with E-state index in [4.69, 9.17) is 8.44 Å². The molecule has 0 aliphatic rings. The molecule has 0 spiro atoms. The van der Waals surface area contributed by atoms with Crippen molar-refractivity contribution in [3.05, 3.63) is 0 Å². The number of rotatable bonds is 24. The van der Waals surface area contributed by atoms with Crippen molar-refractivity contribution in [2.75, 3.05) is 0 Å². The molecule has 0 N–H and O–H groups in total. The maximum atomic E-state index is 12.4. The van der Waals surface area contributed by atoms with E-state index in [1.807, 2.05) is 0 Å². The van der Waals surface area contributed by atoms with Crippen LogP contribution in [0.1, 0.15) is 157 Å². The Morgan fingerprint density at radius 3 is 0.919 bits per heavy atom. The zero-order chi connectivity index (χ0) is 27.9. The van der Waals surface area contributed by atoms with Gasteiger partial charge in [-0.3, -0.25) is 0 Å². The fourth-order valence-electron chi connectivity index (χ4n) is 3.97. The van der Waals surface area contributed by atoms with Crippen LogP contribution in [-0.4, -0.2) is 41.0 Å². The Morgan fingerprint density at radius 1 is 0.432 bits per heavy atom. The average Bonchev–Trinajstić information content (AvgIpc) is 2.80. The summed E-state index contributed by atoms with van der Waals surface area (Å²) < 4.78 is 16.4. The van der Waals surface area contributed by atoms with Gasteiger partial charge in [-0.2, -0.15) is 0 Å². The van der Waals surface area contributed by atoms with E-state index >= 15 is 0 Å². The summed E-state index contributed by atoms with van der Waals surface area (Å²) in [4.78, 5) is 37.1. The van der Waals surface area contributed by atoms with Gasteiger partial charge in [0.05, 0.1) is 0 Å². The van der Waals surface area contributed by atoms with Crippen molar-refractivity contribution >= 4 is 41.0 Å². The molecular weight excluding hydrogens is 665 g/mol. The van der Waals surface area contributed by atoms with Crippen LogP contribution in [0.25, 0.3) is 0 Å². The van der Waals surface area contributed by atoms with Gasteiger partial charge < -0.3 is 0 Å². The Bertz CT molecular complexity index is 510. The molecular formula is C30H57BiO6. The average molecular weight is 723 g/mol. The van der Waals surface area contributed by atoms with E-state index in [0.717, 1.165) is 57.8 Å². The van der Waals surface area contributed by atoms with Crippen molar-refractivity contribution in [1.29, 1.82) is 0 Å². The predicted octanol–water partition coefficient (Wildman–Crippen LogP) is 8.59. The third-order valence-corrected chi connectivity index (χ3v) is 10.4. The molecule has 0 amide bonds. The van der Waals surface area contributed by atoms with Crippen LogP contribution >= 0.6 is 0 Å². The summed E-state index contributed by atoms with van der Waals surface area (Å²) >= 11 is -3.94. The molecule has 7 heteroatoms. The van der Waals surface area contributed by atoms with Gasteiger partial charge in [0.15, 0.2) is 0 Å². The minimum atomic E-state index is -3.94. The molecule has 0 bridgehead atoms. The third-order valence-electron chi connectivity index (χ3n) is 6.27. The van der Waals surface area contributed by atoms with Gasteiger partial charge in [-0.25, -0.2) is 0 Å². The van der Waals surface area contributed by atoms with Gasteiger partial charge in [0.2, 0.25) is 0 Å². The quantitative estimate of drug-likeness (QED) is 0.0734. The van der Waals surface area contributed by atoms with E-state index in [0.29, 0.717) is 17.8 Å². The first-order valence-electron chi connectivity index (χ1n) is 15.0. The molecule has 0 fully saturated rings. The van der Waals surface area contributed by atoms with E-state index < -0.39 is 41.0 Å². The molecule has 0 rings (SSSR count). The van der Waals surface area contributed by atoms with Crippen LogP contribution in [0.4, 0.5) is 0 Å². The molecule has 0 aliphatic heterocycles. The van der Waals surface area contributed by atoms with Crippen molar-refractivity contribution in [2.24, 2.45) is 17.8 Å². The van der Waals surface area contributed by atoms with Crippen LogP contribution in [0.2, 0.25) is 0 Å². The van der Waals surface area contributed by atoms with Crippen molar-refractivity contribution in [1.82, 2.24) is 0 Å². The molecule has 0 aromatic heterocycles. The summed E-state index contributed by atoms with van der Waals surface area (Å²) in [7, 11) is 0. The Kier molecular flexibility index (Phi) is 23.9. The van der Waals surface area contributed by atoms with E-state index in [1.165, 1.54) is 38.5 Å². The summed E-state index contributed by atoms with van der Waals surface area (Å²) in [5, 5.41) is 0. The number of hydrogen-bond donors (Lipinski definition) is 0. The molecule has 0 radical (unpaired) electrons. The van der Waals surface area contributed by atoms with Crippen molar-refractivity contribution < 1.29 is 22.8 Å². The summed E-state index contributed by atoms with van der Waals surface area (Å²) in [6.07, 6.45) is 16.3. The van der Waals surface area contributed by atoms with Gasteiger partial charge >= 0.3 is 239 Å². The Hall–Kier alpha value is -0.707. The van der Waals surface area contributed by atoms with Crippen molar-refractivity contribution in [3.63, 3.8) is 0 Å².